The van der Waals surface area contributed by atoms with E-state index in [1.807, 2.05) is 13.0 Å². The fourth-order valence-corrected chi connectivity index (χ4v) is 1.89. The van der Waals surface area contributed by atoms with Gasteiger partial charge < -0.3 is 10.5 Å². The van der Waals surface area contributed by atoms with Crippen molar-refractivity contribution in [1.29, 1.82) is 0 Å². The van der Waals surface area contributed by atoms with Crippen LogP contribution in [0.4, 0.5) is 10.1 Å². The molecule has 5 heteroatoms. The molecule has 2 aromatic rings. The fourth-order valence-electron chi connectivity index (χ4n) is 1.48. The Kier molecular flexibility index (Phi) is 3.81. The van der Waals surface area contributed by atoms with Gasteiger partial charge in [0.15, 0.2) is 11.6 Å². The number of nitrogens with two attached hydrogens (primary N) is 1. The summed E-state index contributed by atoms with van der Waals surface area (Å²) in [5.74, 6) is -0.261. The van der Waals surface area contributed by atoms with Gasteiger partial charge in [-0.05, 0) is 40.5 Å². The molecular formula is C13H12BrFN2O. The minimum Gasteiger partial charge on any atom is -0.486 e. The normalized spacial score (nSPS) is 10.4. The Morgan fingerprint density at radius 1 is 1.33 bits per heavy atom. The molecule has 0 fully saturated rings. The molecule has 2 rings (SSSR count). The molecule has 0 unspecified atom stereocenters. The van der Waals surface area contributed by atoms with E-state index in [1.165, 1.54) is 6.07 Å². The van der Waals surface area contributed by atoms with Crippen LogP contribution in [0.3, 0.4) is 0 Å². The minimum atomic E-state index is -0.457. The van der Waals surface area contributed by atoms with Crippen molar-refractivity contribution in [2.75, 3.05) is 5.73 Å². The number of nitrogen functional groups attached to an aromatic ring is 1. The number of anilines is 1. The number of halogens is 2. The number of aromatic nitrogens is 1. The predicted molar refractivity (Wildman–Crippen MR) is 71.8 cm³/mol. The molecule has 94 valence electrons. The number of ether oxygens (including phenoxy) is 1. The first-order chi connectivity index (χ1) is 8.56. The second kappa shape index (κ2) is 5.35. The lowest BCUT2D eigenvalue weighted by Crippen LogP contribution is -2.00. The molecule has 0 saturated carbocycles. The Morgan fingerprint density at radius 2 is 2.11 bits per heavy atom. The third-order valence-electron chi connectivity index (χ3n) is 2.48. The van der Waals surface area contributed by atoms with Gasteiger partial charge in [0.1, 0.15) is 6.61 Å². The van der Waals surface area contributed by atoms with Crippen molar-refractivity contribution in [2.45, 2.75) is 13.5 Å². The highest BCUT2D eigenvalue weighted by atomic mass is 79.9. The third kappa shape index (κ3) is 2.98. The lowest BCUT2D eigenvalue weighted by Gasteiger charge is -2.09. The van der Waals surface area contributed by atoms with Gasteiger partial charge in [-0.1, -0.05) is 0 Å². The van der Waals surface area contributed by atoms with E-state index in [2.05, 4.69) is 20.9 Å². The largest absolute Gasteiger partial charge is 0.486 e. The molecule has 0 radical (unpaired) electrons. The second-order valence-electron chi connectivity index (χ2n) is 3.94. The number of hydrogen-bond donors (Lipinski definition) is 1. The summed E-state index contributed by atoms with van der Waals surface area (Å²) >= 11 is 3.32. The first kappa shape index (κ1) is 12.8. The van der Waals surface area contributed by atoms with Gasteiger partial charge >= 0.3 is 0 Å². The van der Waals surface area contributed by atoms with Crippen molar-refractivity contribution >= 4 is 21.6 Å². The highest BCUT2D eigenvalue weighted by molar-refractivity contribution is 9.10. The number of benzene rings is 1. The SMILES string of the molecule is Cc1cc(OCc2cncc(Br)c2)c(F)cc1N. The van der Waals surface area contributed by atoms with E-state index in [9.17, 15) is 4.39 Å². The zero-order valence-electron chi connectivity index (χ0n) is 9.78. The third-order valence-corrected chi connectivity index (χ3v) is 2.91. The van der Waals surface area contributed by atoms with Gasteiger partial charge in [0.05, 0.1) is 0 Å². The molecule has 0 aliphatic rings. The molecule has 1 heterocycles. The Balaban J connectivity index is 2.13. The molecule has 0 atom stereocenters. The number of nitrogens with zero attached hydrogens (tertiary/aromatic N) is 1. The highest BCUT2D eigenvalue weighted by Crippen LogP contribution is 2.24. The van der Waals surface area contributed by atoms with Crippen LogP contribution in [0, 0.1) is 12.7 Å². The van der Waals surface area contributed by atoms with Gasteiger partial charge in [-0.3, -0.25) is 4.98 Å². The lowest BCUT2D eigenvalue weighted by atomic mass is 10.2. The average molecular weight is 311 g/mol. The summed E-state index contributed by atoms with van der Waals surface area (Å²) in [7, 11) is 0. The van der Waals surface area contributed by atoms with Gasteiger partial charge in [0, 0.05) is 34.2 Å². The van der Waals surface area contributed by atoms with Crippen LogP contribution in [0.2, 0.25) is 0 Å². The van der Waals surface area contributed by atoms with Crippen LogP contribution in [-0.4, -0.2) is 4.98 Å². The van der Waals surface area contributed by atoms with Crippen LogP contribution in [0.25, 0.3) is 0 Å². The highest BCUT2D eigenvalue weighted by Gasteiger charge is 2.07. The van der Waals surface area contributed by atoms with Gasteiger partial charge in [0.25, 0.3) is 0 Å². The number of rotatable bonds is 3. The summed E-state index contributed by atoms with van der Waals surface area (Å²) < 4.78 is 19.9. The maximum atomic E-state index is 13.6. The maximum Gasteiger partial charge on any atom is 0.167 e. The molecule has 0 bridgehead atoms. The standard InChI is InChI=1S/C13H12BrFN2O/c1-8-2-13(11(15)4-12(8)16)18-7-9-3-10(14)6-17-5-9/h2-6H,7,16H2,1H3. The number of hydrogen-bond acceptors (Lipinski definition) is 3. The fraction of sp³-hybridized carbons (Fsp3) is 0.154. The molecule has 0 spiro atoms. The number of aryl methyl sites for hydroxylation is 1. The molecular weight excluding hydrogens is 299 g/mol. The Labute approximate surface area is 113 Å². The summed E-state index contributed by atoms with van der Waals surface area (Å²) in [6.45, 7) is 2.06. The molecule has 1 aromatic carbocycles. The van der Waals surface area contributed by atoms with E-state index in [0.717, 1.165) is 15.6 Å². The van der Waals surface area contributed by atoms with Crippen molar-refractivity contribution in [1.82, 2.24) is 4.98 Å². The molecule has 18 heavy (non-hydrogen) atoms. The van der Waals surface area contributed by atoms with Crippen LogP contribution in [0.1, 0.15) is 11.1 Å². The van der Waals surface area contributed by atoms with Gasteiger partial charge in [-0.15, -0.1) is 0 Å². The quantitative estimate of drug-likeness (QED) is 0.883. The first-order valence-corrected chi connectivity index (χ1v) is 6.13. The van der Waals surface area contributed by atoms with Gasteiger partial charge in [-0.25, -0.2) is 4.39 Å². The summed E-state index contributed by atoms with van der Waals surface area (Å²) in [4.78, 5) is 4.01. The van der Waals surface area contributed by atoms with E-state index >= 15 is 0 Å². The summed E-state index contributed by atoms with van der Waals surface area (Å²) in [6, 6.07) is 4.73. The van der Waals surface area contributed by atoms with Crippen molar-refractivity contribution in [3.63, 3.8) is 0 Å². The minimum absolute atomic E-state index is 0.196. The van der Waals surface area contributed by atoms with E-state index in [1.54, 1.807) is 18.5 Å². The summed E-state index contributed by atoms with van der Waals surface area (Å²) in [5.41, 5.74) is 7.68. The predicted octanol–water partition coefficient (Wildman–Crippen LogP) is 3.45. The first-order valence-electron chi connectivity index (χ1n) is 5.34. The molecule has 1 aromatic heterocycles. The molecule has 0 saturated heterocycles. The molecule has 0 aliphatic heterocycles. The van der Waals surface area contributed by atoms with Gasteiger partial charge in [-0.2, -0.15) is 0 Å². The summed E-state index contributed by atoms with van der Waals surface area (Å²) in [5, 5.41) is 0. The van der Waals surface area contributed by atoms with Crippen molar-refractivity contribution in [3.8, 4) is 5.75 Å². The Morgan fingerprint density at radius 3 is 2.83 bits per heavy atom. The molecule has 0 aliphatic carbocycles. The number of pyridine rings is 1. The average Bonchev–Trinajstić information content (AvgIpc) is 2.32. The Bertz CT molecular complexity index is 575. The second-order valence-corrected chi connectivity index (χ2v) is 4.85. The van der Waals surface area contributed by atoms with E-state index in [0.29, 0.717) is 5.69 Å². The van der Waals surface area contributed by atoms with Crippen molar-refractivity contribution in [2.24, 2.45) is 0 Å². The monoisotopic (exact) mass is 310 g/mol. The smallest absolute Gasteiger partial charge is 0.167 e. The van der Waals surface area contributed by atoms with E-state index in [4.69, 9.17) is 10.5 Å². The van der Waals surface area contributed by atoms with Crippen LogP contribution in [0.15, 0.2) is 35.1 Å². The zero-order valence-corrected chi connectivity index (χ0v) is 11.4. The lowest BCUT2D eigenvalue weighted by molar-refractivity contribution is 0.289. The van der Waals surface area contributed by atoms with E-state index in [-0.39, 0.29) is 12.4 Å². The maximum absolute atomic E-state index is 13.6. The van der Waals surface area contributed by atoms with Crippen LogP contribution in [0.5, 0.6) is 5.75 Å². The summed E-state index contributed by atoms with van der Waals surface area (Å²) in [6.07, 6.45) is 3.35. The molecule has 3 nitrogen and oxygen atoms in total. The topological polar surface area (TPSA) is 48.1 Å². The van der Waals surface area contributed by atoms with Crippen LogP contribution >= 0.6 is 15.9 Å². The zero-order chi connectivity index (χ0) is 13.1. The molecule has 0 amide bonds. The van der Waals surface area contributed by atoms with Gasteiger partial charge in [0.2, 0.25) is 0 Å². The van der Waals surface area contributed by atoms with Crippen LogP contribution in [-0.2, 0) is 6.61 Å². The van der Waals surface area contributed by atoms with Crippen molar-refractivity contribution < 1.29 is 9.13 Å². The van der Waals surface area contributed by atoms with E-state index < -0.39 is 5.82 Å². The Hall–Kier alpha value is -1.62. The van der Waals surface area contributed by atoms with Crippen molar-refractivity contribution in [3.05, 3.63) is 52.0 Å². The molecule has 2 N–H and O–H groups in total. The van der Waals surface area contributed by atoms with Crippen LogP contribution < -0.4 is 10.5 Å².